The zero-order valence-electron chi connectivity index (χ0n) is 30.6. The van der Waals surface area contributed by atoms with Gasteiger partial charge in [0.25, 0.3) is 0 Å². The molecule has 5 nitrogen and oxygen atoms in total. The number of esters is 2. The molecule has 0 saturated carbocycles. The number of unbranched alkanes of at least 4 members (excludes halogenated alkanes) is 24. The predicted molar refractivity (Wildman–Crippen MR) is 196 cm³/mol. The molecule has 0 heterocycles. The maximum atomic E-state index is 12.2. The Balaban J connectivity index is 3.55. The number of carbonyl (C=O) groups is 2. The molecular weight excluding hydrogens is 572 g/mol. The topological polar surface area (TPSA) is 72.8 Å². The average molecular weight is 649 g/mol. The third-order valence-electron chi connectivity index (χ3n) is 8.72. The number of ether oxygens (including phenoxy) is 2. The van der Waals surface area contributed by atoms with Gasteiger partial charge in [-0.05, 0) is 64.2 Å². The zero-order chi connectivity index (χ0) is 33.6. The number of hydrogen-bond donors (Lipinski definition) is 1. The molecule has 0 unspecified atom stereocenters. The van der Waals surface area contributed by atoms with Crippen molar-refractivity contribution in [2.24, 2.45) is 0 Å². The maximum Gasteiger partial charge on any atom is 0.306 e. The van der Waals surface area contributed by atoms with Gasteiger partial charge in [0.15, 0.2) is 6.10 Å². The summed E-state index contributed by atoms with van der Waals surface area (Å²) in [5, 5.41) is 9.55. The van der Waals surface area contributed by atoms with E-state index in [2.05, 4.69) is 38.2 Å². The SMILES string of the molecule is CCCCCCCC/C=C\CCCCCCCCCC(=O)OC[C@H](CO)OC(=O)CCCCCCC/C=C\CCCCCCCC. The lowest BCUT2D eigenvalue weighted by atomic mass is 10.1. The van der Waals surface area contributed by atoms with Crippen molar-refractivity contribution in [1.82, 2.24) is 0 Å². The molecule has 1 atom stereocenters. The molecule has 270 valence electrons. The van der Waals surface area contributed by atoms with Crippen LogP contribution in [0.2, 0.25) is 0 Å². The summed E-state index contributed by atoms with van der Waals surface area (Å²) in [5.74, 6) is -0.601. The van der Waals surface area contributed by atoms with E-state index in [1.54, 1.807) is 0 Å². The highest BCUT2D eigenvalue weighted by molar-refractivity contribution is 5.70. The zero-order valence-corrected chi connectivity index (χ0v) is 30.6. The van der Waals surface area contributed by atoms with Crippen LogP contribution in [0.15, 0.2) is 24.3 Å². The van der Waals surface area contributed by atoms with Crippen LogP contribution in [0.4, 0.5) is 0 Å². The van der Waals surface area contributed by atoms with Crippen molar-refractivity contribution >= 4 is 11.9 Å². The molecular formula is C41H76O5. The molecule has 0 rings (SSSR count). The third-order valence-corrected chi connectivity index (χ3v) is 8.72. The van der Waals surface area contributed by atoms with E-state index in [4.69, 9.17) is 9.47 Å². The fraction of sp³-hybridized carbons (Fsp3) is 0.854. The number of hydrogen-bond acceptors (Lipinski definition) is 5. The van der Waals surface area contributed by atoms with Crippen LogP contribution in [0.3, 0.4) is 0 Å². The molecule has 0 fully saturated rings. The monoisotopic (exact) mass is 649 g/mol. The predicted octanol–water partition coefficient (Wildman–Crippen LogP) is 12.3. The minimum atomic E-state index is -0.773. The largest absolute Gasteiger partial charge is 0.462 e. The van der Waals surface area contributed by atoms with Gasteiger partial charge in [-0.2, -0.15) is 0 Å². The summed E-state index contributed by atoms with van der Waals surface area (Å²) in [4.78, 5) is 24.2. The first-order valence-electron chi connectivity index (χ1n) is 19.9. The summed E-state index contributed by atoms with van der Waals surface area (Å²) in [7, 11) is 0. The molecule has 0 spiro atoms. The number of allylic oxidation sites excluding steroid dienone is 4. The highest BCUT2D eigenvalue weighted by Gasteiger charge is 2.16. The number of aliphatic hydroxyl groups is 1. The van der Waals surface area contributed by atoms with Crippen molar-refractivity contribution in [3.05, 3.63) is 24.3 Å². The molecule has 0 aliphatic rings. The van der Waals surface area contributed by atoms with Crippen LogP contribution in [0.25, 0.3) is 0 Å². The van der Waals surface area contributed by atoms with Crippen LogP contribution in [0.5, 0.6) is 0 Å². The first-order chi connectivity index (χ1) is 22.6. The van der Waals surface area contributed by atoms with Gasteiger partial charge < -0.3 is 14.6 Å². The summed E-state index contributed by atoms with van der Waals surface area (Å²) < 4.78 is 10.6. The third kappa shape index (κ3) is 35.2. The lowest BCUT2D eigenvalue weighted by Gasteiger charge is -2.15. The minimum Gasteiger partial charge on any atom is -0.462 e. The Morgan fingerprint density at radius 2 is 0.804 bits per heavy atom. The van der Waals surface area contributed by atoms with Gasteiger partial charge in [0.2, 0.25) is 0 Å². The van der Waals surface area contributed by atoms with E-state index in [1.807, 2.05) is 0 Å². The van der Waals surface area contributed by atoms with Crippen molar-refractivity contribution in [2.45, 2.75) is 213 Å². The van der Waals surface area contributed by atoms with Crippen molar-refractivity contribution in [3.63, 3.8) is 0 Å². The molecule has 0 bridgehead atoms. The first-order valence-corrected chi connectivity index (χ1v) is 19.9. The van der Waals surface area contributed by atoms with Crippen LogP contribution < -0.4 is 0 Å². The smallest absolute Gasteiger partial charge is 0.306 e. The van der Waals surface area contributed by atoms with Crippen LogP contribution in [-0.2, 0) is 19.1 Å². The van der Waals surface area contributed by atoms with E-state index in [1.165, 1.54) is 135 Å². The van der Waals surface area contributed by atoms with Crippen LogP contribution in [-0.4, -0.2) is 36.4 Å². The fourth-order valence-electron chi connectivity index (χ4n) is 5.66. The van der Waals surface area contributed by atoms with Gasteiger partial charge in [-0.1, -0.05) is 154 Å². The number of rotatable bonds is 36. The molecule has 0 aliphatic carbocycles. The second-order valence-electron chi connectivity index (χ2n) is 13.4. The van der Waals surface area contributed by atoms with Crippen LogP contribution in [0, 0.1) is 0 Å². The molecule has 0 amide bonds. The minimum absolute atomic E-state index is 0.0686. The molecule has 5 heteroatoms. The Morgan fingerprint density at radius 3 is 1.17 bits per heavy atom. The summed E-state index contributed by atoms with van der Waals surface area (Å²) in [6.45, 7) is 4.12. The molecule has 46 heavy (non-hydrogen) atoms. The van der Waals surface area contributed by atoms with Crippen molar-refractivity contribution in [3.8, 4) is 0 Å². The quantitative estimate of drug-likeness (QED) is 0.0416. The Morgan fingerprint density at radius 1 is 0.478 bits per heavy atom. The summed E-state index contributed by atoms with van der Waals surface area (Å²) in [6, 6.07) is 0. The Hall–Kier alpha value is -1.62. The van der Waals surface area contributed by atoms with Crippen molar-refractivity contribution in [2.75, 3.05) is 13.2 Å². The van der Waals surface area contributed by atoms with Gasteiger partial charge in [0, 0.05) is 12.8 Å². The number of carbonyl (C=O) groups excluding carboxylic acids is 2. The van der Waals surface area contributed by atoms with Gasteiger partial charge in [0.05, 0.1) is 6.61 Å². The van der Waals surface area contributed by atoms with E-state index in [-0.39, 0.29) is 25.2 Å². The van der Waals surface area contributed by atoms with E-state index < -0.39 is 6.10 Å². The van der Waals surface area contributed by atoms with Gasteiger partial charge in [-0.3, -0.25) is 9.59 Å². The molecule has 1 N–H and O–H groups in total. The second-order valence-corrected chi connectivity index (χ2v) is 13.4. The Kier molecular flexibility index (Phi) is 36.5. The lowest BCUT2D eigenvalue weighted by Crippen LogP contribution is -2.28. The molecule has 0 aromatic carbocycles. The van der Waals surface area contributed by atoms with E-state index >= 15 is 0 Å². The fourth-order valence-corrected chi connectivity index (χ4v) is 5.66. The molecule has 0 aromatic rings. The van der Waals surface area contributed by atoms with Crippen LogP contribution in [0.1, 0.15) is 206 Å². The van der Waals surface area contributed by atoms with Gasteiger partial charge >= 0.3 is 11.9 Å². The summed E-state index contributed by atoms with van der Waals surface area (Å²) in [5.41, 5.74) is 0. The van der Waals surface area contributed by atoms with E-state index in [0.29, 0.717) is 12.8 Å². The summed E-state index contributed by atoms with van der Waals surface area (Å²) >= 11 is 0. The lowest BCUT2D eigenvalue weighted by molar-refractivity contribution is -0.161. The number of aliphatic hydroxyl groups excluding tert-OH is 1. The van der Waals surface area contributed by atoms with Gasteiger partial charge in [0.1, 0.15) is 6.61 Å². The molecule has 0 saturated heterocycles. The van der Waals surface area contributed by atoms with Gasteiger partial charge in [-0.25, -0.2) is 0 Å². The average Bonchev–Trinajstić information content (AvgIpc) is 3.06. The standard InChI is InChI=1S/C41H76O5/c1-3-5-7-9-11-13-15-17-19-20-22-23-25-27-29-31-33-35-40(43)45-38-39(37-42)46-41(44)36-34-32-30-28-26-24-21-18-16-14-12-10-8-6-4-2/h17-19,21,39,42H,3-16,20,22-38H2,1-2H3/b19-17-,21-18-/t39-/m0/s1. The van der Waals surface area contributed by atoms with Crippen molar-refractivity contribution < 1.29 is 24.2 Å². The van der Waals surface area contributed by atoms with Crippen LogP contribution >= 0.6 is 0 Å². The molecule has 0 aliphatic heterocycles. The highest BCUT2D eigenvalue weighted by Crippen LogP contribution is 2.13. The second kappa shape index (κ2) is 37.8. The van der Waals surface area contributed by atoms with E-state index in [9.17, 15) is 14.7 Å². The van der Waals surface area contributed by atoms with Crippen molar-refractivity contribution in [1.29, 1.82) is 0 Å². The molecule has 0 aromatic heterocycles. The Bertz CT molecular complexity index is 701. The van der Waals surface area contributed by atoms with Gasteiger partial charge in [-0.15, -0.1) is 0 Å². The first kappa shape index (κ1) is 44.4. The highest BCUT2D eigenvalue weighted by atomic mass is 16.6. The molecule has 0 radical (unpaired) electrons. The maximum absolute atomic E-state index is 12.2. The normalized spacial score (nSPS) is 12.3. The summed E-state index contributed by atoms with van der Waals surface area (Å²) in [6.07, 6.45) is 43.8. The Labute approximate surface area is 285 Å². The van der Waals surface area contributed by atoms with E-state index in [0.717, 1.165) is 44.9 Å².